The van der Waals surface area contributed by atoms with Crippen molar-refractivity contribution in [2.45, 2.75) is 24.7 Å². The van der Waals surface area contributed by atoms with E-state index in [0.717, 1.165) is 22.6 Å². The van der Waals surface area contributed by atoms with Crippen LogP contribution in [0.25, 0.3) is 5.57 Å². The fourth-order valence-electron chi connectivity index (χ4n) is 3.47. The largest absolute Gasteiger partial charge is 0.462 e. The van der Waals surface area contributed by atoms with Crippen molar-refractivity contribution in [1.82, 2.24) is 0 Å². The monoisotopic (exact) mass is 457 g/mol. The Kier molecular flexibility index (Phi) is 7.05. The molecule has 0 bridgehead atoms. The third-order valence-corrected chi connectivity index (χ3v) is 6.23. The third kappa shape index (κ3) is 4.91. The van der Waals surface area contributed by atoms with Crippen molar-refractivity contribution in [1.29, 1.82) is 0 Å². The van der Waals surface area contributed by atoms with E-state index in [0.29, 0.717) is 33.9 Å². The van der Waals surface area contributed by atoms with E-state index in [1.165, 1.54) is 17.8 Å². The number of ether oxygens (including phenoxy) is 1. The fourth-order valence-corrected chi connectivity index (χ4v) is 4.48. The summed E-state index contributed by atoms with van der Waals surface area (Å²) in [6.45, 7) is 2.35. The predicted octanol–water partition coefficient (Wildman–Crippen LogP) is 5.72. The van der Waals surface area contributed by atoms with Crippen LogP contribution in [-0.2, 0) is 14.3 Å². The highest BCUT2D eigenvalue weighted by Crippen LogP contribution is 2.41. The Hall–Kier alpha value is -3.64. The van der Waals surface area contributed by atoms with Crippen LogP contribution in [0.1, 0.15) is 35.7 Å². The van der Waals surface area contributed by atoms with Gasteiger partial charge in [0.1, 0.15) is 0 Å². The van der Waals surface area contributed by atoms with Crippen LogP contribution in [0.3, 0.4) is 0 Å². The summed E-state index contributed by atoms with van der Waals surface area (Å²) in [7, 11) is 0. The summed E-state index contributed by atoms with van der Waals surface area (Å²) in [5, 5.41) is 0. The van der Waals surface area contributed by atoms with Crippen molar-refractivity contribution in [3.8, 4) is 0 Å². The van der Waals surface area contributed by atoms with Crippen LogP contribution in [0.5, 0.6) is 0 Å². The lowest BCUT2D eigenvalue weighted by atomic mass is 10.1. The number of imide groups is 1. The molecule has 4 rings (SSSR count). The minimum Gasteiger partial charge on any atom is -0.462 e. The molecule has 0 saturated carbocycles. The molecule has 3 aromatic carbocycles. The molecule has 3 aromatic rings. The Bertz CT molecular complexity index is 1210. The van der Waals surface area contributed by atoms with E-state index in [1.54, 1.807) is 18.2 Å². The summed E-state index contributed by atoms with van der Waals surface area (Å²) >= 11 is 1.26. The molecule has 0 atom stereocenters. The maximum absolute atomic E-state index is 13.5. The molecule has 0 N–H and O–H groups in total. The summed E-state index contributed by atoms with van der Waals surface area (Å²) in [5.41, 5.74) is 1.67. The maximum Gasteiger partial charge on any atom is 0.338 e. The van der Waals surface area contributed by atoms with Gasteiger partial charge in [0, 0.05) is 4.90 Å². The van der Waals surface area contributed by atoms with Gasteiger partial charge in [-0.2, -0.15) is 0 Å². The molecule has 2 amide bonds. The first-order valence-corrected chi connectivity index (χ1v) is 11.6. The maximum atomic E-state index is 13.5. The van der Waals surface area contributed by atoms with Crippen molar-refractivity contribution in [2.24, 2.45) is 0 Å². The molecule has 1 aliphatic heterocycles. The number of carbonyl (C=O) groups excluding carboxylic acids is 3. The van der Waals surface area contributed by atoms with Gasteiger partial charge in [-0.05, 0) is 42.3 Å². The average molecular weight is 458 g/mol. The summed E-state index contributed by atoms with van der Waals surface area (Å²) in [5.74, 6) is -1.30. The zero-order chi connectivity index (χ0) is 23.2. The highest BCUT2D eigenvalue weighted by Gasteiger charge is 2.40. The van der Waals surface area contributed by atoms with Crippen LogP contribution < -0.4 is 4.90 Å². The van der Waals surface area contributed by atoms with Gasteiger partial charge < -0.3 is 4.74 Å². The lowest BCUT2D eigenvalue weighted by Crippen LogP contribution is -2.31. The van der Waals surface area contributed by atoms with E-state index in [4.69, 9.17) is 4.74 Å². The molecular weight excluding hydrogens is 434 g/mol. The van der Waals surface area contributed by atoms with Gasteiger partial charge in [-0.1, -0.05) is 79.7 Å². The van der Waals surface area contributed by atoms with Gasteiger partial charge in [-0.25, -0.2) is 9.69 Å². The second kappa shape index (κ2) is 10.3. The zero-order valence-corrected chi connectivity index (χ0v) is 19.0. The van der Waals surface area contributed by atoms with E-state index in [1.807, 2.05) is 67.6 Å². The van der Waals surface area contributed by atoms with Gasteiger partial charge in [0.2, 0.25) is 0 Å². The molecule has 0 unspecified atom stereocenters. The highest BCUT2D eigenvalue weighted by atomic mass is 32.2. The number of esters is 1. The molecule has 166 valence electrons. The molecule has 1 heterocycles. The lowest BCUT2D eigenvalue weighted by molar-refractivity contribution is -0.119. The summed E-state index contributed by atoms with van der Waals surface area (Å²) in [4.78, 5) is 41.8. The lowest BCUT2D eigenvalue weighted by Gasteiger charge is -2.16. The Morgan fingerprint density at radius 1 is 0.879 bits per heavy atom. The number of thioether (sulfide) groups is 1. The number of hydrogen-bond acceptors (Lipinski definition) is 5. The number of anilines is 1. The third-order valence-electron chi connectivity index (χ3n) is 5.14. The van der Waals surface area contributed by atoms with Crippen molar-refractivity contribution in [2.75, 3.05) is 11.5 Å². The average Bonchev–Trinajstić information content (AvgIpc) is 3.09. The van der Waals surface area contributed by atoms with Gasteiger partial charge in [-0.3, -0.25) is 9.59 Å². The van der Waals surface area contributed by atoms with Gasteiger partial charge >= 0.3 is 5.97 Å². The number of rotatable bonds is 8. The number of unbranched alkanes of at least 4 members (excludes halogenated alkanes) is 1. The van der Waals surface area contributed by atoms with Crippen LogP contribution in [0.2, 0.25) is 0 Å². The number of carbonyl (C=O) groups is 3. The summed E-state index contributed by atoms with van der Waals surface area (Å²) in [6, 6.07) is 25.1. The van der Waals surface area contributed by atoms with Crippen LogP contribution in [-0.4, -0.2) is 24.4 Å². The summed E-state index contributed by atoms with van der Waals surface area (Å²) < 4.78 is 5.29. The first kappa shape index (κ1) is 22.6. The second-order valence-electron chi connectivity index (χ2n) is 7.47. The number of amides is 2. The molecule has 0 aliphatic carbocycles. The Labute approximate surface area is 197 Å². The van der Waals surface area contributed by atoms with Gasteiger partial charge in [0.25, 0.3) is 11.8 Å². The van der Waals surface area contributed by atoms with Crippen LogP contribution in [0.4, 0.5) is 5.69 Å². The summed E-state index contributed by atoms with van der Waals surface area (Å²) in [6.07, 6.45) is 1.69. The van der Waals surface area contributed by atoms with Crippen LogP contribution >= 0.6 is 11.8 Å². The van der Waals surface area contributed by atoms with Gasteiger partial charge in [0.15, 0.2) is 0 Å². The molecule has 0 radical (unpaired) electrons. The molecule has 33 heavy (non-hydrogen) atoms. The Morgan fingerprint density at radius 3 is 2.27 bits per heavy atom. The molecular formula is C27H23NO4S. The van der Waals surface area contributed by atoms with Crippen molar-refractivity contribution in [3.05, 3.63) is 101 Å². The van der Waals surface area contributed by atoms with Gasteiger partial charge in [0.05, 0.1) is 28.3 Å². The second-order valence-corrected chi connectivity index (χ2v) is 8.55. The topological polar surface area (TPSA) is 63.7 Å². The van der Waals surface area contributed by atoms with E-state index in [9.17, 15) is 14.4 Å². The van der Waals surface area contributed by atoms with Crippen molar-refractivity contribution < 1.29 is 19.1 Å². The molecule has 0 spiro atoms. The standard InChI is InChI=1S/C27H23NO4S/c1-2-3-17-32-27(31)20-13-10-14-21(18-20)28-25(29)23(19-11-6-4-7-12-19)24(26(28)30)33-22-15-8-5-9-16-22/h4-16,18H,2-3,17H2,1H3. The quantitative estimate of drug-likeness (QED) is 0.246. The Morgan fingerprint density at radius 2 is 1.58 bits per heavy atom. The van der Waals surface area contributed by atoms with E-state index >= 15 is 0 Å². The molecule has 5 nitrogen and oxygen atoms in total. The van der Waals surface area contributed by atoms with Gasteiger partial charge in [-0.15, -0.1) is 0 Å². The smallest absolute Gasteiger partial charge is 0.338 e. The molecule has 0 aromatic heterocycles. The number of benzene rings is 3. The normalized spacial score (nSPS) is 13.5. The molecule has 0 fully saturated rings. The molecule has 0 saturated heterocycles. The van der Waals surface area contributed by atoms with E-state index in [-0.39, 0.29) is 0 Å². The van der Waals surface area contributed by atoms with Crippen LogP contribution in [0, 0.1) is 0 Å². The first-order chi connectivity index (χ1) is 16.1. The molecule has 1 aliphatic rings. The van der Waals surface area contributed by atoms with E-state index in [2.05, 4.69) is 0 Å². The Balaban J connectivity index is 1.69. The van der Waals surface area contributed by atoms with E-state index < -0.39 is 17.8 Å². The number of hydrogen-bond donors (Lipinski definition) is 0. The number of nitrogens with zero attached hydrogens (tertiary/aromatic N) is 1. The van der Waals surface area contributed by atoms with Crippen molar-refractivity contribution in [3.63, 3.8) is 0 Å². The predicted molar refractivity (Wildman–Crippen MR) is 130 cm³/mol. The van der Waals surface area contributed by atoms with Crippen molar-refractivity contribution >= 4 is 40.8 Å². The van der Waals surface area contributed by atoms with Crippen LogP contribution in [0.15, 0.2) is 94.7 Å². The zero-order valence-electron chi connectivity index (χ0n) is 18.2. The molecule has 6 heteroatoms. The fraction of sp³-hybridized carbons (Fsp3) is 0.148. The minimum atomic E-state index is -0.473. The SMILES string of the molecule is CCCCOC(=O)c1cccc(N2C(=O)C(Sc3ccccc3)=C(c3ccccc3)C2=O)c1. The highest BCUT2D eigenvalue weighted by molar-refractivity contribution is 8.04. The minimum absolute atomic E-state index is 0.301. The first-order valence-electron chi connectivity index (χ1n) is 10.8.